The van der Waals surface area contributed by atoms with Crippen molar-refractivity contribution < 1.29 is 8.42 Å². The predicted octanol–water partition coefficient (Wildman–Crippen LogP) is 6.52. The molecule has 0 bridgehead atoms. The third-order valence-corrected chi connectivity index (χ3v) is 8.68. The number of thioether (sulfide) groups is 1. The van der Waals surface area contributed by atoms with Gasteiger partial charge in [-0.3, -0.25) is 4.98 Å². The SMILES string of the molecule is CSc1c(Cl)ccc(-c2ccc(S(=O)(=O)NCc3ccnc4ccccc34)cc2)c1Br. The molecular formula is C23H18BrClN2O2S2. The average molecular weight is 534 g/mol. The van der Waals surface area contributed by atoms with Crippen LogP contribution in [0, 0.1) is 0 Å². The van der Waals surface area contributed by atoms with Gasteiger partial charge in [-0.15, -0.1) is 11.8 Å². The van der Waals surface area contributed by atoms with Crippen LogP contribution in [-0.2, 0) is 16.6 Å². The molecule has 0 amide bonds. The highest BCUT2D eigenvalue weighted by Crippen LogP contribution is 2.40. The topological polar surface area (TPSA) is 59.1 Å². The number of rotatable bonds is 6. The summed E-state index contributed by atoms with van der Waals surface area (Å²) < 4.78 is 29.3. The van der Waals surface area contributed by atoms with Crippen molar-refractivity contribution in [2.45, 2.75) is 16.3 Å². The average Bonchev–Trinajstić information content (AvgIpc) is 2.78. The second-order valence-electron chi connectivity index (χ2n) is 6.78. The molecule has 1 aromatic heterocycles. The number of nitrogens with one attached hydrogen (secondary N) is 1. The largest absolute Gasteiger partial charge is 0.256 e. The van der Waals surface area contributed by atoms with Gasteiger partial charge in [0.05, 0.1) is 15.4 Å². The van der Waals surface area contributed by atoms with Gasteiger partial charge in [-0.05, 0) is 69.2 Å². The molecule has 0 fully saturated rings. The van der Waals surface area contributed by atoms with Crippen molar-refractivity contribution in [1.82, 2.24) is 9.71 Å². The summed E-state index contributed by atoms with van der Waals surface area (Å²) in [5.74, 6) is 0. The van der Waals surface area contributed by atoms with Gasteiger partial charge >= 0.3 is 0 Å². The standard InChI is InChI=1S/C23H18BrClN2O2S2/c1-30-23-20(25)11-10-19(22(23)24)15-6-8-17(9-7-15)31(28,29)27-14-16-12-13-26-21-5-3-2-4-18(16)21/h2-13,27H,14H2,1H3. The number of para-hydroxylation sites is 1. The zero-order chi connectivity index (χ0) is 22.0. The quantitative estimate of drug-likeness (QED) is 0.287. The van der Waals surface area contributed by atoms with Gasteiger partial charge in [-0.1, -0.05) is 48.0 Å². The number of fused-ring (bicyclic) bond motifs is 1. The molecule has 0 spiro atoms. The molecule has 3 aromatic carbocycles. The molecule has 0 aliphatic rings. The molecule has 0 radical (unpaired) electrons. The number of benzene rings is 3. The third kappa shape index (κ3) is 4.66. The Morgan fingerprint density at radius 1 is 1.03 bits per heavy atom. The van der Waals surface area contributed by atoms with Crippen molar-refractivity contribution in [3.63, 3.8) is 0 Å². The molecule has 158 valence electrons. The maximum absolute atomic E-state index is 12.8. The van der Waals surface area contributed by atoms with E-state index in [0.717, 1.165) is 37.0 Å². The lowest BCUT2D eigenvalue weighted by molar-refractivity contribution is 0.581. The van der Waals surface area contributed by atoms with Gasteiger partial charge in [-0.25, -0.2) is 13.1 Å². The highest BCUT2D eigenvalue weighted by molar-refractivity contribution is 9.10. The first-order valence-corrected chi connectivity index (χ1v) is 13.2. The summed E-state index contributed by atoms with van der Waals surface area (Å²) in [5.41, 5.74) is 3.56. The van der Waals surface area contributed by atoms with Gasteiger partial charge in [0.25, 0.3) is 0 Å². The van der Waals surface area contributed by atoms with Crippen molar-refractivity contribution in [3.05, 3.63) is 88.0 Å². The van der Waals surface area contributed by atoms with Crippen molar-refractivity contribution in [2.75, 3.05) is 6.26 Å². The second kappa shape index (κ2) is 9.30. The Morgan fingerprint density at radius 2 is 1.77 bits per heavy atom. The van der Waals surface area contributed by atoms with Crippen LogP contribution in [0.25, 0.3) is 22.0 Å². The van der Waals surface area contributed by atoms with Crippen LogP contribution in [0.1, 0.15) is 5.56 Å². The van der Waals surface area contributed by atoms with Crippen molar-refractivity contribution in [2.24, 2.45) is 0 Å². The van der Waals surface area contributed by atoms with E-state index in [1.807, 2.05) is 48.7 Å². The maximum atomic E-state index is 12.8. The zero-order valence-electron chi connectivity index (χ0n) is 16.5. The number of hydrogen-bond acceptors (Lipinski definition) is 4. The summed E-state index contributed by atoms with van der Waals surface area (Å²) in [7, 11) is -3.66. The van der Waals surface area contributed by atoms with Crippen molar-refractivity contribution in [3.8, 4) is 11.1 Å². The molecule has 31 heavy (non-hydrogen) atoms. The number of hydrogen-bond donors (Lipinski definition) is 1. The van der Waals surface area contributed by atoms with Gasteiger partial charge in [0, 0.05) is 27.5 Å². The van der Waals surface area contributed by atoms with E-state index in [1.165, 1.54) is 0 Å². The fraction of sp³-hybridized carbons (Fsp3) is 0.0870. The highest BCUT2D eigenvalue weighted by Gasteiger charge is 2.16. The number of sulfonamides is 1. The van der Waals surface area contributed by atoms with Crippen LogP contribution in [0.4, 0.5) is 0 Å². The van der Waals surface area contributed by atoms with Crippen LogP contribution in [0.15, 0.2) is 87.2 Å². The Balaban J connectivity index is 1.57. The molecular weight excluding hydrogens is 516 g/mol. The number of aromatic nitrogens is 1. The van der Waals surface area contributed by atoms with Gasteiger partial charge < -0.3 is 0 Å². The molecule has 4 rings (SSSR count). The molecule has 0 unspecified atom stereocenters. The summed E-state index contributed by atoms with van der Waals surface area (Å²) in [6, 6.07) is 20.1. The third-order valence-electron chi connectivity index (χ3n) is 4.92. The lowest BCUT2D eigenvalue weighted by Crippen LogP contribution is -2.23. The first-order chi connectivity index (χ1) is 14.9. The van der Waals surface area contributed by atoms with Crippen LogP contribution < -0.4 is 4.72 Å². The molecule has 1 heterocycles. The molecule has 8 heteroatoms. The maximum Gasteiger partial charge on any atom is 0.240 e. The van der Waals surface area contributed by atoms with Gasteiger partial charge in [0.1, 0.15) is 0 Å². The molecule has 0 atom stereocenters. The van der Waals surface area contributed by atoms with E-state index < -0.39 is 10.0 Å². The van der Waals surface area contributed by atoms with Gasteiger partial charge in [-0.2, -0.15) is 0 Å². The fourth-order valence-corrected chi connectivity index (χ4v) is 6.44. The minimum absolute atomic E-state index is 0.187. The lowest BCUT2D eigenvalue weighted by atomic mass is 10.1. The van der Waals surface area contributed by atoms with E-state index >= 15 is 0 Å². The first-order valence-electron chi connectivity index (χ1n) is 9.35. The van der Waals surface area contributed by atoms with E-state index in [2.05, 4.69) is 25.6 Å². The summed E-state index contributed by atoms with van der Waals surface area (Å²) in [4.78, 5) is 5.48. The highest BCUT2D eigenvalue weighted by atomic mass is 79.9. The van der Waals surface area contributed by atoms with Crippen molar-refractivity contribution >= 4 is 60.2 Å². The van der Waals surface area contributed by atoms with E-state index in [9.17, 15) is 8.42 Å². The molecule has 4 aromatic rings. The normalized spacial score (nSPS) is 11.7. The minimum Gasteiger partial charge on any atom is -0.256 e. The van der Waals surface area contributed by atoms with Gasteiger partial charge in [0.15, 0.2) is 0 Å². The zero-order valence-corrected chi connectivity index (χ0v) is 20.4. The number of pyridine rings is 1. The van der Waals surface area contributed by atoms with Crippen LogP contribution in [0.5, 0.6) is 0 Å². The Bertz CT molecular complexity index is 1350. The summed E-state index contributed by atoms with van der Waals surface area (Å²) in [6.45, 7) is 0.187. The molecule has 4 nitrogen and oxygen atoms in total. The molecule has 0 saturated heterocycles. The van der Waals surface area contributed by atoms with Crippen LogP contribution >= 0.6 is 39.3 Å². The van der Waals surface area contributed by atoms with Crippen LogP contribution in [0.3, 0.4) is 0 Å². The Morgan fingerprint density at radius 3 is 2.52 bits per heavy atom. The van der Waals surface area contributed by atoms with Crippen LogP contribution in [-0.4, -0.2) is 19.7 Å². The Labute approximate surface area is 199 Å². The van der Waals surface area contributed by atoms with E-state index in [-0.39, 0.29) is 11.4 Å². The fourth-order valence-electron chi connectivity index (χ4n) is 3.32. The Hall–Kier alpha value is -1.90. The first kappa shape index (κ1) is 22.3. The lowest BCUT2D eigenvalue weighted by Gasteiger charge is -2.12. The van der Waals surface area contributed by atoms with E-state index in [4.69, 9.17) is 11.6 Å². The van der Waals surface area contributed by atoms with E-state index in [1.54, 1.807) is 42.2 Å². The van der Waals surface area contributed by atoms with Gasteiger partial charge in [0.2, 0.25) is 10.0 Å². The minimum atomic E-state index is -3.66. The monoisotopic (exact) mass is 532 g/mol. The molecule has 0 saturated carbocycles. The van der Waals surface area contributed by atoms with E-state index in [0.29, 0.717) is 5.02 Å². The number of halogens is 2. The molecule has 0 aliphatic heterocycles. The smallest absolute Gasteiger partial charge is 0.240 e. The number of nitrogens with zero attached hydrogens (tertiary/aromatic N) is 1. The second-order valence-corrected chi connectivity index (χ2v) is 10.6. The Kier molecular flexibility index (Phi) is 6.69. The predicted molar refractivity (Wildman–Crippen MR) is 132 cm³/mol. The summed E-state index contributed by atoms with van der Waals surface area (Å²) >= 11 is 11.4. The summed E-state index contributed by atoms with van der Waals surface area (Å²) in [6.07, 6.45) is 3.65. The molecule has 0 aliphatic carbocycles. The summed E-state index contributed by atoms with van der Waals surface area (Å²) in [5, 5.41) is 1.61. The molecule has 1 N–H and O–H groups in total. The van der Waals surface area contributed by atoms with Crippen molar-refractivity contribution in [1.29, 1.82) is 0 Å². The van der Waals surface area contributed by atoms with Crippen LogP contribution in [0.2, 0.25) is 5.02 Å².